The van der Waals surface area contributed by atoms with Gasteiger partial charge >= 0.3 is 0 Å². The van der Waals surface area contributed by atoms with Crippen molar-refractivity contribution in [1.82, 2.24) is 4.90 Å². The first-order chi connectivity index (χ1) is 8.62. The molecule has 1 atom stereocenters. The number of rotatable bonds is 5. The normalized spacial score (nSPS) is 21.4. The topological polar surface area (TPSA) is 3.24 Å². The summed E-state index contributed by atoms with van der Waals surface area (Å²) in [5.41, 5.74) is 0.119. The van der Waals surface area contributed by atoms with E-state index in [1.165, 1.54) is 12.1 Å². The average molecular weight is 318 g/mol. The standard InChI is InChI=1S/C14H18BrF2N/c15-8-6-12-7-9-18(10-12)11-14(16,17)13-4-2-1-3-5-13/h1-5,12H,6-11H2. The van der Waals surface area contributed by atoms with Gasteiger partial charge in [-0.2, -0.15) is 8.78 Å². The Morgan fingerprint density at radius 1 is 1.28 bits per heavy atom. The number of benzene rings is 1. The Morgan fingerprint density at radius 3 is 2.67 bits per heavy atom. The second-order valence-corrected chi connectivity index (χ2v) is 5.73. The van der Waals surface area contributed by atoms with Crippen LogP contribution in [0.4, 0.5) is 8.78 Å². The highest BCUT2D eigenvalue weighted by Gasteiger charge is 2.36. The predicted octanol–water partition coefficient (Wildman–Crippen LogP) is 3.89. The molecular formula is C14H18BrF2N. The van der Waals surface area contributed by atoms with E-state index in [0.717, 1.165) is 31.3 Å². The van der Waals surface area contributed by atoms with E-state index in [1.807, 2.05) is 4.90 Å². The third-order valence-electron chi connectivity index (χ3n) is 3.51. The van der Waals surface area contributed by atoms with E-state index in [2.05, 4.69) is 15.9 Å². The second-order valence-electron chi connectivity index (χ2n) is 4.94. The third kappa shape index (κ3) is 3.51. The maximum atomic E-state index is 14.1. The van der Waals surface area contributed by atoms with Crippen LogP contribution in [0, 0.1) is 5.92 Å². The van der Waals surface area contributed by atoms with Crippen LogP contribution in [0.15, 0.2) is 30.3 Å². The first-order valence-electron chi connectivity index (χ1n) is 6.33. The summed E-state index contributed by atoms with van der Waals surface area (Å²) in [7, 11) is 0. The zero-order chi connectivity index (χ0) is 13.0. The molecule has 4 heteroatoms. The summed E-state index contributed by atoms with van der Waals surface area (Å²) in [4.78, 5) is 1.89. The molecule has 2 rings (SSSR count). The predicted molar refractivity (Wildman–Crippen MR) is 73.3 cm³/mol. The van der Waals surface area contributed by atoms with Crippen LogP contribution in [0.2, 0.25) is 0 Å². The van der Waals surface area contributed by atoms with Crippen LogP contribution in [0.1, 0.15) is 18.4 Å². The summed E-state index contributed by atoms with van der Waals surface area (Å²) >= 11 is 3.41. The molecule has 0 saturated carbocycles. The van der Waals surface area contributed by atoms with Gasteiger partial charge in [-0.15, -0.1) is 0 Å². The van der Waals surface area contributed by atoms with Crippen molar-refractivity contribution < 1.29 is 8.78 Å². The van der Waals surface area contributed by atoms with Gasteiger partial charge in [0, 0.05) is 17.4 Å². The number of hydrogen-bond acceptors (Lipinski definition) is 1. The lowest BCUT2D eigenvalue weighted by atomic mass is 10.1. The summed E-state index contributed by atoms with van der Waals surface area (Å²) in [6.07, 6.45) is 2.11. The van der Waals surface area contributed by atoms with Gasteiger partial charge in [-0.1, -0.05) is 46.3 Å². The number of nitrogens with zero attached hydrogens (tertiary/aromatic N) is 1. The van der Waals surface area contributed by atoms with Gasteiger partial charge in [0.1, 0.15) is 0 Å². The molecule has 0 N–H and O–H groups in total. The third-order valence-corrected chi connectivity index (χ3v) is 3.96. The van der Waals surface area contributed by atoms with Gasteiger partial charge in [-0.05, 0) is 25.3 Å². The Labute approximate surface area is 115 Å². The van der Waals surface area contributed by atoms with Crippen molar-refractivity contribution in [2.45, 2.75) is 18.8 Å². The van der Waals surface area contributed by atoms with Crippen LogP contribution < -0.4 is 0 Å². The minimum absolute atomic E-state index is 0.119. The molecule has 100 valence electrons. The maximum absolute atomic E-state index is 14.1. The van der Waals surface area contributed by atoms with Crippen molar-refractivity contribution in [3.63, 3.8) is 0 Å². The molecule has 0 aliphatic carbocycles. The fourth-order valence-corrected chi connectivity index (χ4v) is 3.15. The second kappa shape index (κ2) is 6.11. The Hall–Kier alpha value is -0.480. The number of halogens is 3. The number of hydrogen-bond donors (Lipinski definition) is 0. The van der Waals surface area contributed by atoms with Crippen molar-refractivity contribution in [2.75, 3.05) is 25.0 Å². The molecule has 1 unspecified atom stereocenters. The molecule has 1 fully saturated rings. The van der Waals surface area contributed by atoms with Crippen LogP contribution in [-0.4, -0.2) is 29.9 Å². The lowest BCUT2D eigenvalue weighted by Crippen LogP contribution is -2.33. The van der Waals surface area contributed by atoms with Crippen LogP contribution in [0.5, 0.6) is 0 Å². The van der Waals surface area contributed by atoms with Crippen molar-refractivity contribution in [1.29, 1.82) is 0 Å². The van der Waals surface area contributed by atoms with Gasteiger partial charge in [-0.25, -0.2) is 0 Å². The summed E-state index contributed by atoms with van der Waals surface area (Å²) in [6, 6.07) is 8.11. The maximum Gasteiger partial charge on any atom is 0.285 e. The fourth-order valence-electron chi connectivity index (χ4n) is 2.50. The van der Waals surface area contributed by atoms with Gasteiger partial charge in [0.25, 0.3) is 5.92 Å². The molecule has 1 aliphatic heterocycles. The fraction of sp³-hybridized carbons (Fsp3) is 0.571. The summed E-state index contributed by atoms with van der Waals surface area (Å²) in [6.45, 7) is 1.43. The molecule has 0 spiro atoms. The molecule has 1 saturated heterocycles. The minimum Gasteiger partial charge on any atom is -0.297 e. The van der Waals surface area contributed by atoms with Crippen LogP contribution in [-0.2, 0) is 5.92 Å². The van der Waals surface area contributed by atoms with Gasteiger partial charge in [0.15, 0.2) is 0 Å². The SMILES string of the molecule is FC(F)(CN1CCC(CCBr)C1)c1ccccc1. The molecule has 0 radical (unpaired) electrons. The van der Waals surface area contributed by atoms with Crippen LogP contribution in [0.3, 0.4) is 0 Å². The molecule has 0 aromatic heterocycles. The van der Waals surface area contributed by atoms with E-state index in [4.69, 9.17) is 0 Å². The number of alkyl halides is 3. The van der Waals surface area contributed by atoms with Crippen molar-refractivity contribution in [2.24, 2.45) is 5.92 Å². The smallest absolute Gasteiger partial charge is 0.285 e. The lowest BCUT2D eigenvalue weighted by molar-refractivity contribution is -0.0335. The molecule has 1 heterocycles. The van der Waals surface area contributed by atoms with E-state index < -0.39 is 5.92 Å². The lowest BCUT2D eigenvalue weighted by Gasteiger charge is -2.23. The molecule has 18 heavy (non-hydrogen) atoms. The minimum atomic E-state index is -2.75. The Morgan fingerprint density at radius 2 is 2.00 bits per heavy atom. The zero-order valence-electron chi connectivity index (χ0n) is 10.3. The highest BCUT2D eigenvalue weighted by molar-refractivity contribution is 9.09. The molecule has 1 aliphatic rings. The first kappa shape index (κ1) is 13.9. The molecule has 1 aromatic rings. The summed E-state index contributed by atoms with van der Waals surface area (Å²) in [5.74, 6) is -2.18. The Bertz CT molecular complexity index is 369. The average Bonchev–Trinajstić information content (AvgIpc) is 2.77. The summed E-state index contributed by atoms with van der Waals surface area (Å²) < 4.78 is 28.1. The Kier molecular flexibility index (Phi) is 4.73. The largest absolute Gasteiger partial charge is 0.297 e. The molecular weight excluding hydrogens is 300 g/mol. The first-order valence-corrected chi connectivity index (χ1v) is 7.45. The van der Waals surface area contributed by atoms with Crippen LogP contribution in [0.25, 0.3) is 0 Å². The molecule has 1 aromatic carbocycles. The van der Waals surface area contributed by atoms with Crippen molar-refractivity contribution in [3.05, 3.63) is 35.9 Å². The van der Waals surface area contributed by atoms with Crippen molar-refractivity contribution in [3.8, 4) is 0 Å². The highest BCUT2D eigenvalue weighted by atomic mass is 79.9. The van der Waals surface area contributed by atoms with E-state index in [1.54, 1.807) is 18.2 Å². The number of likely N-dealkylation sites (tertiary alicyclic amines) is 1. The molecule has 0 amide bonds. The van der Waals surface area contributed by atoms with Gasteiger partial charge in [0.2, 0.25) is 0 Å². The molecule has 0 bridgehead atoms. The van der Waals surface area contributed by atoms with E-state index >= 15 is 0 Å². The van der Waals surface area contributed by atoms with Gasteiger partial charge < -0.3 is 0 Å². The quantitative estimate of drug-likeness (QED) is 0.745. The van der Waals surface area contributed by atoms with Gasteiger partial charge in [-0.3, -0.25) is 4.90 Å². The van der Waals surface area contributed by atoms with E-state index in [0.29, 0.717) is 5.92 Å². The van der Waals surface area contributed by atoms with Crippen LogP contribution >= 0.6 is 15.9 Å². The Balaban J connectivity index is 1.93. The monoisotopic (exact) mass is 317 g/mol. The molecule has 1 nitrogen and oxygen atoms in total. The summed E-state index contributed by atoms with van der Waals surface area (Å²) in [5, 5.41) is 0.959. The van der Waals surface area contributed by atoms with E-state index in [-0.39, 0.29) is 12.1 Å². The van der Waals surface area contributed by atoms with Crippen molar-refractivity contribution >= 4 is 15.9 Å². The van der Waals surface area contributed by atoms with Gasteiger partial charge in [0.05, 0.1) is 6.54 Å². The zero-order valence-corrected chi connectivity index (χ0v) is 11.9. The highest BCUT2D eigenvalue weighted by Crippen LogP contribution is 2.31. The van der Waals surface area contributed by atoms with E-state index in [9.17, 15) is 8.78 Å².